The van der Waals surface area contributed by atoms with Gasteiger partial charge >= 0.3 is 0 Å². The zero-order valence-corrected chi connectivity index (χ0v) is 14.0. The summed E-state index contributed by atoms with van der Waals surface area (Å²) in [5, 5.41) is 9.18. The van der Waals surface area contributed by atoms with Crippen molar-refractivity contribution >= 4 is 11.3 Å². The van der Waals surface area contributed by atoms with Gasteiger partial charge in [-0.1, -0.05) is 12.1 Å². The Balaban J connectivity index is 2.55. The Labute approximate surface area is 141 Å². The summed E-state index contributed by atoms with van der Waals surface area (Å²) < 4.78 is 16.2. The van der Waals surface area contributed by atoms with E-state index in [1.807, 2.05) is 37.3 Å². The van der Waals surface area contributed by atoms with Gasteiger partial charge in [0, 0.05) is 6.08 Å². The van der Waals surface area contributed by atoms with E-state index in [0.29, 0.717) is 29.5 Å². The predicted molar refractivity (Wildman–Crippen MR) is 94.3 cm³/mol. The second-order valence-electron chi connectivity index (χ2n) is 4.94. The number of nitrogen functional groups attached to an aromatic ring is 1. The number of nitriles is 1. The minimum absolute atomic E-state index is 0.521. The Morgan fingerprint density at radius 3 is 2.25 bits per heavy atom. The van der Waals surface area contributed by atoms with Crippen LogP contribution in [0.4, 0.5) is 5.69 Å². The summed E-state index contributed by atoms with van der Waals surface area (Å²) in [4.78, 5) is 0. The number of benzene rings is 2. The quantitative estimate of drug-likeness (QED) is 0.648. The van der Waals surface area contributed by atoms with E-state index in [0.717, 1.165) is 16.7 Å². The molecule has 2 rings (SSSR count). The summed E-state index contributed by atoms with van der Waals surface area (Å²) in [6.07, 6.45) is 1.49. The van der Waals surface area contributed by atoms with Crippen LogP contribution in [0.3, 0.4) is 0 Å². The standard InChI is InChI=1S/C19H20N2O3/c1-4-24-19-12-14(6-8-17(19)22-2)15(9-10-20)13-5-7-16(21)18(11-13)23-3/h5-9,11-12H,4,21H2,1-3H3/b15-9-. The zero-order valence-electron chi connectivity index (χ0n) is 14.0. The molecule has 2 aromatic rings. The van der Waals surface area contributed by atoms with Gasteiger partial charge in [0.2, 0.25) is 0 Å². The van der Waals surface area contributed by atoms with Crippen LogP contribution in [0.1, 0.15) is 18.1 Å². The van der Waals surface area contributed by atoms with Gasteiger partial charge in [-0.3, -0.25) is 0 Å². The van der Waals surface area contributed by atoms with Crippen LogP contribution in [-0.4, -0.2) is 20.8 Å². The Bertz CT molecular complexity index is 792. The minimum Gasteiger partial charge on any atom is -0.495 e. The molecule has 0 aliphatic carbocycles. The first-order valence-corrected chi connectivity index (χ1v) is 7.49. The molecule has 2 N–H and O–H groups in total. The van der Waals surface area contributed by atoms with Gasteiger partial charge in [0.05, 0.1) is 32.6 Å². The second kappa shape index (κ2) is 7.93. The predicted octanol–water partition coefficient (Wildman–Crippen LogP) is 3.64. The molecule has 24 heavy (non-hydrogen) atoms. The van der Waals surface area contributed by atoms with Crippen LogP contribution in [0.5, 0.6) is 17.2 Å². The third-order valence-electron chi connectivity index (χ3n) is 3.53. The van der Waals surface area contributed by atoms with E-state index >= 15 is 0 Å². The third kappa shape index (κ3) is 3.61. The molecule has 0 unspecified atom stereocenters. The fourth-order valence-corrected chi connectivity index (χ4v) is 2.39. The number of allylic oxidation sites excluding steroid dienone is 1. The first kappa shape index (κ1) is 17.2. The molecule has 0 radical (unpaired) electrons. The molecule has 0 aliphatic rings. The van der Waals surface area contributed by atoms with Crippen molar-refractivity contribution in [1.82, 2.24) is 0 Å². The van der Waals surface area contributed by atoms with Crippen LogP contribution in [-0.2, 0) is 0 Å². The van der Waals surface area contributed by atoms with Crippen molar-refractivity contribution in [3.63, 3.8) is 0 Å². The first-order chi connectivity index (χ1) is 11.6. The van der Waals surface area contributed by atoms with Gasteiger partial charge in [0.1, 0.15) is 5.75 Å². The van der Waals surface area contributed by atoms with Gasteiger partial charge in [-0.25, -0.2) is 0 Å². The number of nitrogens with two attached hydrogens (primary N) is 1. The number of anilines is 1. The lowest BCUT2D eigenvalue weighted by atomic mass is 9.96. The van der Waals surface area contributed by atoms with Gasteiger partial charge < -0.3 is 19.9 Å². The Kier molecular flexibility index (Phi) is 5.69. The molecule has 0 atom stereocenters. The van der Waals surface area contributed by atoms with Crippen LogP contribution in [0.25, 0.3) is 5.57 Å². The normalized spacial score (nSPS) is 10.8. The van der Waals surface area contributed by atoms with E-state index in [1.54, 1.807) is 20.3 Å². The van der Waals surface area contributed by atoms with Crippen molar-refractivity contribution in [2.45, 2.75) is 6.92 Å². The smallest absolute Gasteiger partial charge is 0.161 e. The van der Waals surface area contributed by atoms with E-state index in [1.165, 1.54) is 6.08 Å². The van der Waals surface area contributed by atoms with Crippen LogP contribution < -0.4 is 19.9 Å². The molecule has 0 aliphatic heterocycles. The summed E-state index contributed by atoms with van der Waals surface area (Å²) >= 11 is 0. The molecule has 124 valence electrons. The molecule has 0 spiro atoms. The maximum atomic E-state index is 9.18. The van der Waals surface area contributed by atoms with Gasteiger partial charge in [-0.05, 0) is 47.9 Å². The molecule has 0 bridgehead atoms. The summed E-state index contributed by atoms with van der Waals surface area (Å²) in [7, 11) is 3.15. The fraction of sp³-hybridized carbons (Fsp3) is 0.211. The molecule has 5 nitrogen and oxygen atoms in total. The number of rotatable bonds is 6. The van der Waals surface area contributed by atoms with E-state index in [-0.39, 0.29) is 0 Å². The monoisotopic (exact) mass is 324 g/mol. The van der Waals surface area contributed by atoms with E-state index in [9.17, 15) is 5.26 Å². The maximum Gasteiger partial charge on any atom is 0.161 e. The SMILES string of the molecule is CCOc1cc(/C(=C\C#N)c2ccc(N)c(OC)c2)ccc1OC. The van der Waals surface area contributed by atoms with Crippen molar-refractivity contribution in [2.24, 2.45) is 0 Å². The number of ether oxygens (including phenoxy) is 3. The van der Waals surface area contributed by atoms with Crippen molar-refractivity contribution in [3.05, 3.63) is 53.6 Å². The number of methoxy groups -OCH3 is 2. The molecule has 0 aromatic heterocycles. The van der Waals surface area contributed by atoms with Crippen molar-refractivity contribution in [2.75, 3.05) is 26.6 Å². The van der Waals surface area contributed by atoms with Crippen LogP contribution in [0.2, 0.25) is 0 Å². The van der Waals surface area contributed by atoms with Gasteiger partial charge in [0.25, 0.3) is 0 Å². The largest absolute Gasteiger partial charge is 0.495 e. The van der Waals surface area contributed by atoms with Gasteiger partial charge in [-0.2, -0.15) is 5.26 Å². The minimum atomic E-state index is 0.521. The summed E-state index contributed by atoms with van der Waals surface area (Å²) in [5.74, 6) is 1.84. The third-order valence-corrected chi connectivity index (χ3v) is 3.53. The molecular formula is C19H20N2O3. The van der Waals surface area contributed by atoms with Crippen molar-refractivity contribution in [3.8, 4) is 23.3 Å². The average Bonchev–Trinajstić information content (AvgIpc) is 2.60. The fourth-order valence-electron chi connectivity index (χ4n) is 2.39. The lowest BCUT2D eigenvalue weighted by Gasteiger charge is -2.14. The molecule has 5 heteroatoms. The molecule has 0 heterocycles. The molecule has 0 saturated carbocycles. The van der Waals surface area contributed by atoms with Gasteiger partial charge in [-0.15, -0.1) is 0 Å². The van der Waals surface area contributed by atoms with E-state index < -0.39 is 0 Å². The zero-order chi connectivity index (χ0) is 17.5. The molecule has 0 saturated heterocycles. The van der Waals surface area contributed by atoms with Crippen molar-refractivity contribution in [1.29, 1.82) is 5.26 Å². The summed E-state index contributed by atoms with van der Waals surface area (Å²) in [6.45, 7) is 2.43. The number of hydrogen-bond donors (Lipinski definition) is 1. The maximum absolute atomic E-state index is 9.18. The van der Waals surface area contributed by atoms with E-state index in [2.05, 4.69) is 6.07 Å². The van der Waals surface area contributed by atoms with Crippen LogP contribution in [0.15, 0.2) is 42.5 Å². The Hall–Kier alpha value is -3.13. The highest BCUT2D eigenvalue weighted by Crippen LogP contribution is 2.35. The number of hydrogen-bond acceptors (Lipinski definition) is 5. The van der Waals surface area contributed by atoms with Crippen LogP contribution in [0, 0.1) is 11.3 Å². The highest BCUT2D eigenvalue weighted by Gasteiger charge is 2.12. The molecule has 0 fully saturated rings. The summed E-state index contributed by atoms with van der Waals surface area (Å²) in [6, 6.07) is 13.1. The van der Waals surface area contributed by atoms with Crippen LogP contribution >= 0.6 is 0 Å². The molecule has 0 amide bonds. The lowest BCUT2D eigenvalue weighted by Crippen LogP contribution is -1.98. The van der Waals surface area contributed by atoms with E-state index in [4.69, 9.17) is 19.9 Å². The topological polar surface area (TPSA) is 77.5 Å². The highest BCUT2D eigenvalue weighted by molar-refractivity contribution is 5.83. The average molecular weight is 324 g/mol. The second-order valence-corrected chi connectivity index (χ2v) is 4.94. The summed E-state index contributed by atoms with van der Waals surface area (Å²) in [5.41, 5.74) is 8.83. The van der Waals surface area contributed by atoms with Crippen molar-refractivity contribution < 1.29 is 14.2 Å². The van der Waals surface area contributed by atoms with Gasteiger partial charge in [0.15, 0.2) is 11.5 Å². The first-order valence-electron chi connectivity index (χ1n) is 7.49. The number of nitrogens with zero attached hydrogens (tertiary/aromatic N) is 1. The Morgan fingerprint density at radius 2 is 1.67 bits per heavy atom. The lowest BCUT2D eigenvalue weighted by molar-refractivity contribution is 0.311. The molecular weight excluding hydrogens is 304 g/mol. The Morgan fingerprint density at radius 1 is 1.04 bits per heavy atom. The highest BCUT2D eigenvalue weighted by atomic mass is 16.5. The molecule has 2 aromatic carbocycles.